The van der Waals surface area contributed by atoms with Crippen LogP contribution in [0.2, 0.25) is 0 Å². The number of carbonyl (C=O) groups is 1. The lowest BCUT2D eigenvalue weighted by Crippen LogP contribution is -2.37. The lowest BCUT2D eigenvalue weighted by atomic mass is 10.3. The molecule has 1 aliphatic carbocycles. The van der Waals surface area contributed by atoms with Crippen LogP contribution in [0.1, 0.15) is 12.8 Å². The number of terminal acetylenes is 1. The number of hydrogen-bond acceptors (Lipinski definition) is 1. The average molecular weight is 246 g/mol. The van der Waals surface area contributed by atoms with Gasteiger partial charge in [-0.05, 0) is 30.9 Å². The van der Waals surface area contributed by atoms with Crippen molar-refractivity contribution in [1.82, 2.24) is 4.90 Å². The van der Waals surface area contributed by atoms with Gasteiger partial charge >= 0.3 is 6.03 Å². The summed E-state index contributed by atoms with van der Waals surface area (Å²) in [6, 6.07) is 5.74. The third-order valence-electron chi connectivity index (χ3n) is 2.86. The summed E-state index contributed by atoms with van der Waals surface area (Å²) in [7, 11) is 0. The Kier molecular flexibility index (Phi) is 3.83. The highest BCUT2D eigenvalue weighted by molar-refractivity contribution is 5.89. The van der Waals surface area contributed by atoms with Gasteiger partial charge in [0.25, 0.3) is 0 Å². The molecule has 3 nitrogen and oxygen atoms in total. The van der Waals surface area contributed by atoms with Gasteiger partial charge in [-0.1, -0.05) is 18.1 Å². The maximum absolute atomic E-state index is 13.4. The van der Waals surface area contributed by atoms with E-state index in [2.05, 4.69) is 11.2 Å². The molecule has 0 radical (unpaired) electrons. The molecule has 0 aliphatic heterocycles. The van der Waals surface area contributed by atoms with Gasteiger partial charge in [0.15, 0.2) is 0 Å². The first-order chi connectivity index (χ1) is 8.70. The van der Waals surface area contributed by atoms with Crippen molar-refractivity contribution in [3.8, 4) is 12.3 Å². The molecule has 0 aromatic heterocycles. The number of benzene rings is 1. The predicted molar refractivity (Wildman–Crippen MR) is 68.5 cm³/mol. The van der Waals surface area contributed by atoms with Gasteiger partial charge in [0.2, 0.25) is 0 Å². The zero-order chi connectivity index (χ0) is 13.0. The second-order valence-electron chi connectivity index (χ2n) is 4.44. The van der Waals surface area contributed by atoms with Crippen molar-refractivity contribution in [1.29, 1.82) is 0 Å². The summed E-state index contributed by atoms with van der Waals surface area (Å²) in [5.41, 5.74) is 0.181. The number of anilines is 1. The molecule has 1 saturated carbocycles. The summed E-state index contributed by atoms with van der Waals surface area (Å²) in [5, 5.41) is 2.54. The highest BCUT2D eigenvalue weighted by Crippen LogP contribution is 2.29. The second-order valence-corrected chi connectivity index (χ2v) is 4.44. The molecule has 0 spiro atoms. The molecule has 2 amide bonds. The van der Waals surface area contributed by atoms with E-state index in [0.29, 0.717) is 12.5 Å². The van der Waals surface area contributed by atoms with E-state index < -0.39 is 5.82 Å². The Bertz CT molecular complexity index is 477. The summed E-state index contributed by atoms with van der Waals surface area (Å²) in [6.45, 7) is 0.890. The van der Waals surface area contributed by atoms with Crippen molar-refractivity contribution in [3.05, 3.63) is 30.1 Å². The highest BCUT2D eigenvalue weighted by atomic mass is 19.1. The van der Waals surface area contributed by atoms with E-state index in [1.807, 2.05) is 0 Å². The van der Waals surface area contributed by atoms with Crippen molar-refractivity contribution < 1.29 is 9.18 Å². The van der Waals surface area contributed by atoms with Crippen molar-refractivity contribution in [2.24, 2.45) is 5.92 Å². The fraction of sp³-hybridized carbons (Fsp3) is 0.357. The average Bonchev–Trinajstić information content (AvgIpc) is 3.15. The largest absolute Gasteiger partial charge is 0.322 e. The van der Waals surface area contributed by atoms with Crippen LogP contribution in [-0.4, -0.2) is 24.0 Å². The van der Waals surface area contributed by atoms with Crippen LogP contribution in [0, 0.1) is 24.1 Å². The molecule has 1 aromatic rings. The minimum Gasteiger partial charge on any atom is -0.313 e. The van der Waals surface area contributed by atoms with Crippen LogP contribution in [-0.2, 0) is 0 Å². The van der Waals surface area contributed by atoms with E-state index in [-0.39, 0.29) is 18.3 Å². The molecule has 0 unspecified atom stereocenters. The molecule has 94 valence electrons. The number of amides is 2. The maximum Gasteiger partial charge on any atom is 0.322 e. The van der Waals surface area contributed by atoms with Gasteiger partial charge in [0.1, 0.15) is 5.82 Å². The molecule has 0 atom stereocenters. The van der Waals surface area contributed by atoms with Gasteiger partial charge in [0.05, 0.1) is 12.2 Å². The number of urea groups is 1. The van der Waals surface area contributed by atoms with Gasteiger partial charge in [-0.2, -0.15) is 0 Å². The van der Waals surface area contributed by atoms with Crippen molar-refractivity contribution in [2.75, 3.05) is 18.4 Å². The Labute approximate surface area is 106 Å². The Morgan fingerprint density at radius 3 is 2.83 bits per heavy atom. The number of carbonyl (C=O) groups excluding carboxylic acids is 1. The fourth-order valence-corrected chi connectivity index (χ4v) is 1.70. The minimum atomic E-state index is -0.446. The summed E-state index contributed by atoms with van der Waals surface area (Å²) < 4.78 is 13.4. The fourth-order valence-electron chi connectivity index (χ4n) is 1.70. The zero-order valence-electron chi connectivity index (χ0n) is 10.0. The summed E-state index contributed by atoms with van der Waals surface area (Å²) in [6.07, 6.45) is 7.51. The molecule has 1 fully saturated rings. The van der Waals surface area contributed by atoms with Gasteiger partial charge in [-0.15, -0.1) is 6.42 Å². The molecule has 0 bridgehead atoms. The van der Waals surface area contributed by atoms with Gasteiger partial charge in [-0.3, -0.25) is 0 Å². The van der Waals surface area contributed by atoms with Crippen LogP contribution in [0.25, 0.3) is 0 Å². The smallest absolute Gasteiger partial charge is 0.313 e. The van der Waals surface area contributed by atoms with Gasteiger partial charge in [-0.25, -0.2) is 9.18 Å². The Morgan fingerprint density at radius 1 is 1.50 bits per heavy atom. The second kappa shape index (κ2) is 5.54. The van der Waals surface area contributed by atoms with E-state index in [4.69, 9.17) is 6.42 Å². The normalized spacial score (nSPS) is 13.8. The molecule has 0 saturated heterocycles. The summed E-state index contributed by atoms with van der Waals surface area (Å²) >= 11 is 0. The lowest BCUT2D eigenvalue weighted by Gasteiger charge is -2.20. The Morgan fingerprint density at radius 2 is 2.22 bits per heavy atom. The van der Waals surface area contributed by atoms with E-state index in [1.54, 1.807) is 17.0 Å². The van der Waals surface area contributed by atoms with Crippen LogP contribution in [0.4, 0.5) is 14.9 Å². The van der Waals surface area contributed by atoms with Gasteiger partial charge in [0, 0.05) is 6.54 Å². The molecule has 2 rings (SSSR count). The highest BCUT2D eigenvalue weighted by Gasteiger charge is 2.26. The van der Waals surface area contributed by atoms with Crippen molar-refractivity contribution in [3.63, 3.8) is 0 Å². The molecular formula is C14H15FN2O. The lowest BCUT2D eigenvalue weighted by molar-refractivity contribution is 0.215. The Hall–Kier alpha value is -2.02. The minimum absolute atomic E-state index is 0.181. The Balaban J connectivity index is 2.00. The molecule has 1 aromatic carbocycles. The third kappa shape index (κ3) is 3.24. The monoisotopic (exact) mass is 246 g/mol. The number of para-hydroxylation sites is 1. The molecule has 4 heteroatoms. The van der Waals surface area contributed by atoms with Crippen LogP contribution in [0.3, 0.4) is 0 Å². The van der Waals surface area contributed by atoms with Gasteiger partial charge < -0.3 is 10.2 Å². The van der Waals surface area contributed by atoms with Crippen molar-refractivity contribution in [2.45, 2.75) is 12.8 Å². The topological polar surface area (TPSA) is 32.3 Å². The van der Waals surface area contributed by atoms with E-state index >= 15 is 0 Å². The first kappa shape index (κ1) is 12.4. The van der Waals surface area contributed by atoms with Crippen molar-refractivity contribution >= 4 is 11.7 Å². The molecule has 1 aliphatic rings. The third-order valence-corrected chi connectivity index (χ3v) is 2.86. The standard InChI is InChI=1S/C14H15FN2O/c1-2-9-17(10-11-7-8-11)14(18)16-13-6-4-3-5-12(13)15/h1,3-6,11H,7-10H2,(H,16,18). The van der Waals surface area contributed by atoms with Crippen LogP contribution < -0.4 is 5.32 Å². The number of nitrogens with one attached hydrogen (secondary N) is 1. The first-order valence-electron chi connectivity index (χ1n) is 5.94. The van der Waals surface area contributed by atoms with Crippen LogP contribution in [0.5, 0.6) is 0 Å². The summed E-state index contributed by atoms with van der Waals surface area (Å²) in [4.78, 5) is 13.5. The number of halogens is 1. The molecular weight excluding hydrogens is 231 g/mol. The summed E-state index contributed by atoms with van der Waals surface area (Å²) in [5.74, 6) is 2.55. The number of rotatable bonds is 4. The van der Waals surface area contributed by atoms with E-state index in [9.17, 15) is 9.18 Å². The number of nitrogens with zero attached hydrogens (tertiary/aromatic N) is 1. The van der Waals surface area contributed by atoms with E-state index in [0.717, 1.165) is 12.8 Å². The maximum atomic E-state index is 13.4. The first-order valence-corrected chi connectivity index (χ1v) is 5.94. The quantitative estimate of drug-likeness (QED) is 0.814. The van der Waals surface area contributed by atoms with Crippen LogP contribution >= 0.6 is 0 Å². The SMILES string of the molecule is C#CCN(CC1CC1)C(=O)Nc1ccccc1F. The molecule has 1 N–H and O–H groups in total. The predicted octanol–water partition coefficient (Wildman–Crippen LogP) is 2.70. The van der Waals surface area contributed by atoms with Crippen LogP contribution in [0.15, 0.2) is 24.3 Å². The van der Waals surface area contributed by atoms with E-state index in [1.165, 1.54) is 12.1 Å². The number of hydrogen-bond donors (Lipinski definition) is 1. The zero-order valence-corrected chi connectivity index (χ0v) is 10.0. The molecule has 18 heavy (non-hydrogen) atoms. The molecule has 0 heterocycles.